The topological polar surface area (TPSA) is 133 Å². The molecule has 186 valence electrons. The number of ether oxygens (including phenoxy) is 1. The molecule has 1 fully saturated rings. The lowest BCUT2D eigenvalue weighted by molar-refractivity contribution is -0.00709. The second-order valence-corrected chi connectivity index (χ2v) is 8.74. The van der Waals surface area contributed by atoms with Crippen LogP contribution in [-0.2, 0) is 4.74 Å². The Labute approximate surface area is 207 Å². The average molecular weight is 488 g/mol. The summed E-state index contributed by atoms with van der Waals surface area (Å²) in [4.78, 5) is 31.2. The van der Waals surface area contributed by atoms with Crippen molar-refractivity contribution >= 4 is 39.8 Å². The third kappa shape index (κ3) is 4.13. The lowest BCUT2D eigenvalue weighted by Gasteiger charge is -2.30. The highest BCUT2D eigenvalue weighted by molar-refractivity contribution is 6.12. The van der Waals surface area contributed by atoms with Gasteiger partial charge in [-0.1, -0.05) is 6.92 Å². The molecule has 0 amide bonds. The number of furan rings is 1. The first-order valence-electron chi connectivity index (χ1n) is 12.0. The van der Waals surface area contributed by atoms with Gasteiger partial charge in [-0.15, -0.1) is 0 Å². The van der Waals surface area contributed by atoms with E-state index in [1.807, 2.05) is 18.2 Å². The van der Waals surface area contributed by atoms with Crippen LogP contribution in [0, 0.1) is 0 Å². The van der Waals surface area contributed by atoms with E-state index in [0.717, 1.165) is 18.4 Å². The minimum atomic E-state index is -0.338. The standard InChI is InChI=1S/C26H29N7O3/c1-4-19-10-18(7-8-35-19)33-23-20-9-16(17(11-27)12-28-2)14-31-25(20)36-24(23)22(32-26(33)34)15-5-6-21(29-3)30-13-15/h5-6,9,11-14,18-19H,4,7-8,10,27H2,1-3H3,(H,29,30)/b17-11+,28-12?. The molecule has 0 radical (unpaired) electrons. The van der Waals surface area contributed by atoms with Crippen LogP contribution < -0.4 is 16.7 Å². The second kappa shape index (κ2) is 9.90. The fourth-order valence-corrected chi connectivity index (χ4v) is 4.77. The Bertz CT molecular complexity index is 1520. The molecule has 0 spiro atoms. The van der Waals surface area contributed by atoms with E-state index in [1.54, 1.807) is 37.3 Å². The van der Waals surface area contributed by atoms with Crippen molar-refractivity contribution in [2.24, 2.45) is 10.7 Å². The summed E-state index contributed by atoms with van der Waals surface area (Å²) in [5.74, 6) is 0.714. The van der Waals surface area contributed by atoms with Crippen molar-refractivity contribution in [1.29, 1.82) is 0 Å². The summed E-state index contributed by atoms with van der Waals surface area (Å²) in [6.07, 6.45) is 8.92. The first kappa shape index (κ1) is 23.7. The number of fused-ring (bicyclic) bond motifs is 3. The minimum Gasteiger partial charge on any atom is -0.434 e. The van der Waals surface area contributed by atoms with Crippen LogP contribution in [-0.4, -0.2) is 52.5 Å². The molecule has 2 unspecified atom stereocenters. The zero-order chi connectivity index (χ0) is 25.2. The van der Waals surface area contributed by atoms with Crippen LogP contribution in [0.2, 0.25) is 0 Å². The Kier molecular flexibility index (Phi) is 6.51. The maximum Gasteiger partial charge on any atom is 0.349 e. The van der Waals surface area contributed by atoms with Crippen molar-refractivity contribution < 1.29 is 9.15 Å². The Morgan fingerprint density at radius 2 is 2.19 bits per heavy atom. The number of allylic oxidation sites excluding steroid dienone is 1. The van der Waals surface area contributed by atoms with Crippen LogP contribution in [0.25, 0.3) is 39.0 Å². The van der Waals surface area contributed by atoms with E-state index < -0.39 is 0 Å². The van der Waals surface area contributed by atoms with Crippen LogP contribution in [0.15, 0.2) is 51.0 Å². The lowest BCUT2D eigenvalue weighted by atomic mass is 10.0. The zero-order valence-electron chi connectivity index (χ0n) is 20.6. The summed E-state index contributed by atoms with van der Waals surface area (Å²) in [5.41, 5.74) is 9.70. The van der Waals surface area contributed by atoms with Crippen molar-refractivity contribution in [3.05, 3.63) is 52.8 Å². The van der Waals surface area contributed by atoms with Gasteiger partial charge < -0.3 is 20.2 Å². The van der Waals surface area contributed by atoms with Gasteiger partial charge in [0.1, 0.15) is 17.0 Å². The molecular formula is C26H29N7O3. The van der Waals surface area contributed by atoms with E-state index in [2.05, 4.69) is 32.2 Å². The fourth-order valence-electron chi connectivity index (χ4n) is 4.77. The number of nitrogens with one attached hydrogen (secondary N) is 1. The number of anilines is 1. The summed E-state index contributed by atoms with van der Waals surface area (Å²) < 4.78 is 13.9. The number of hydrogen-bond acceptors (Lipinski definition) is 9. The normalized spacial score (nSPS) is 18.9. The van der Waals surface area contributed by atoms with Crippen molar-refractivity contribution in [2.75, 3.05) is 26.0 Å². The number of rotatable bonds is 6. The van der Waals surface area contributed by atoms with E-state index >= 15 is 0 Å². The molecule has 10 heteroatoms. The molecule has 5 rings (SSSR count). The summed E-state index contributed by atoms with van der Waals surface area (Å²) >= 11 is 0. The molecule has 0 aromatic carbocycles. The Hall–Kier alpha value is -4.05. The molecule has 5 heterocycles. The molecule has 0 aliphatic carbocycles. The van der Waals surface area contributed by atoms with E-state index in [-0.39, 0.29) is 17.8 Å². The van der Waals surface area contributed by atoms with Gasteiger partial charge in [-0.25, -0.2) is 14.8 Å². The van der Waals surface area contributed by atoms with Gasteiger partial charge in [0.05, 0.1) is 11.5 Å². The van der Waals surface area contributed by atoms with E-state index in [1.165, 1.54) is 6.20 Å². The Morgan fingerprint density at radius 3 is 2.89 bits per heavy atom. The Morgan fingerprint density at radius 1 is 1.33 bits per heavy atom. The maximum atomic E-state index is 13.6. The largest absolute Gasteiger partial charge is 0.434 e. The van der Waals surface area contributed by atoms with Gasteiger partial charge in [-0.2, -0.15) is 4.98 Å². The predicted octanol–water partition coefficient (Wildman–Crippen LogP) is 3.77. The van der Waals surface area contributed by atoms with Crippen LogP contribution in [0.3, 0.4) is 0 Å². The quantitative estimate of drug-likeness (QED) is 0.393. The minimum absolute atomic E-state index is 0.0729. The third-order valence-corrected chi connectivity index (χ3v) is 6.62. The molecule has 36 heavy (non-hydrogen) atoms. The highest BCUT2D eigenvalue weighted by Crippen LogP contribution is 2.37. The molecule has 0 bridgehead atoms. The molecule has 0 saturated carbocycles. The lowest BCUT2D eigenvalue weighted by Crippen LogP contribution is -2.34. The maximum absolute atomic E-state index is 13.6. The number of pyridine rings is 2. The predicted molar refractivity (Wildman–Crippen MR) is 141 cm³/mol. The molecule has 1 aliphatic rings. The summed E-state index contributed by atoms with van der Waals surface area (Å²) in [7, 11) is 3.48. The van der Waals surface area contributed by atoms with Gasteiger partial charge in [-0.3, -0.25) is 9.56 Å². The molecule has 3 N–H and O–H groups in total. The number of nitrogens with two attached hydrogens (primary N) is 1. The van der Waals surface area contributed by atoms with Crippen molar-refractivity contribution in [3.63, 3.8) is 0 Å². The molecule has 2 atom stereocenters. The van der Waals surface area contributed by atoms with Gasteiger partial charge in [0.15, 0.2) is 5.58 Å². The van der Waals surface area contributed by atoms with E-state index in [9.17, 15) is 4.79 Å². The summed E-state index contributed by atoms with van der Waals surface area (Å²) in [5, 5.41) is 3.72. The molecule has 1 aliphatic heterocycles. The number of aromatic nitrogens is 4. The van der Waals surface area contributed by atoms with Crippen molar-refractivity contribution in [2.45, 2.75) is 38.3 Å². The first-order valence-corrected chi connectivity index (χ1v) is 12.0. The number of hydrogen-bond donors (Lipinski definition) is 2. The summed E-state index contributed by atoms with van der Waals surface area (Å²) in [6, 6.07) is 5.56. The Balaban J connectivity index is 1.81. The van der Waals surface area contributed by atoms with Gasteiger partial charge in [0, 0.05) is 68.3 Å². The van der Waals surface area contributed by atoms with Crippen molar-refractivity contribution in [3.8, 4) is 11.3 Å². The molecular weight excluding hydrogens is 458 g/mol. The third-order valence-electron chi connectivity index (χ3n) is 6.62. The highest BCUT2D eigenvalue weighted by atomic mass is 16.5. The van der Waals surface area contributed by atoms with E-state index in [4.69, 9.17) is 14.9 Å². The van der Waals surface area contributed by atoms with Crippen LogP contribution >= 0.6 is 0 Å². The SMILES string of the molecule is CCC1CC(n2c(=O)nc(-c3ccc(NC)nc3)c3oc4ncc(/C(C=NC)=C/N)cc4c32)CCO1. The van der Waals surface area contributed by atoms with Gasteiger partial charge >= 0.3 is 5.69 Å². The fraction of sp³-hybridized carbons (Fsp3) is 0.346. The zero-order valence-corrected chi connectivity index (χ0v) is 20.6. The highest BCUT2D eigenvalue weighted by Gasteiger charge is 2.29. The van der Waals surface area contributed by atoms with Crippen LogP contribution in [0.4, 0.5) is 5.82 Å². The average Bonchev–Trinajstić information content (AvgIpc) is 3.30. The van der Waals surface area contributed by atoms with Gasteiger partial charge in [0.2, 0.25) is 5.71 Å². The smallest absolute Gasteiger partial charge is 0.349 e. The van der Waals surface area contributed by atoms with Gasteiger partial charge in [0.25, 0.3) is 0 Å². The van der Waals surface area contributed by atoms with Crippen LogP contribution in [0.5, 0.6) is 0 Å². The molecule has 1 saturated heterocycles. The molecule has 4 aromatic heterocycles. The summed E-state index contributed by atoms with van der Waals surface area (Å²) in [6.45, 7) is 2.68. The second-order valence-electron chi connectivity index (χ2n) is 8.74. The molecule has 10 nitrogen and oxygen atoms in total. The number of aliphatic imine (C=N–C) groups is 1. The number of nitrogens with zero attached hydrogens (tertiary/aromatic N) is 5. The van der Waals surface area contributed by atoms with Crippen molar-refractivity contribution in [1.82, 2.24) is 19.5 Å². The van der Waals surface area contributed by atoms with Crippen LogP contribution in [0.1, 0.15) is 37.8 Å². The van der Waals surface area contributed by atoms with Gasteiger partial charge in [-0.05, 0) is 37.5 Å². The monoisotopic (exact) mass is 487 g/mol. The molecule has 4 aromatic rings. The first-order chi connectivity index (χ1) is 17.6. The van der Waals surface area contributed by atoms with E-state index in [0.29, 0.717) is 57.9 Å².